The number of likely N-dealkylation sites (tertiary alicyclic amines) is 1. The van der Waals surface area contributed by atoms with Crippen LogP contribution in [0.25, 0.3) is 0 Å². The highest BCUT2D eigenvalue weighted by Gasteiger charge is 2.34. The molecule has 7 heteroatoms. The number of piperidine rings is 1. The van der Waals surface area contributed by atoms with E-state index in [1.807, 2.05) is 29.2 Å². The second-order valence-corrected chi connectivity index (χ2v) is 10.6. The fourth-order valence-electron chi connectivity index (χ4n) is 5.22. The van der Waals surface area contributed by atoms with E-state index in [0.717, 1.165) is 42.0 Å². The molecule has 182 valence electrons. The first-order chi connectivity index (χ1) is 16.5. The van der Waals surface area contributed by atoms with Crippen LogP contribution in [0.1, 0.15) is 73.5 Å². The van der Waals surface area contributed by atoms with Gasteiger partial charge in [-0.15, -0.1) is 11.8 Å². The third-order valence-corrected chi connectivity index (χ3v) is 8.43. The zero-order chi connectivity index (χ0) is 24.1. The fraction of sp³-hybridized carbons (Fsp3) is 0.481. The van der Waals surface area contributed by atoms with E-state index in [0.29, 0.717) is 24.2 Å². The van der Waals surface area contributed by atoms with Gasteiger partial charge in [-0.2, -0.15) is 0 Å². The summed E-state index contributed by atoms with van der Waals surface area (Å²) in [5, 5.41) is 8.56. The van der Waals surface area contributed by atoms with Crippen molar-refractivity contribution in [2.24, 2.45) is 0 Å². The Balaban J connectivity index is 1.42. The van der Waals surface area contributed by atoms with Gasteiger partial charge in [-0.05, 0) is 75.9 Å². The number of hydroxylamine groups is 1. The Labute approximate surface area is 206 Å². The Bertz CT molecular complexity index is 1000. The van der Waals surface area contributed by atoms with Crippen molar-refractivity contribution in [1.29, 1.82) is 0 Å². The lowest BCUT2D eigenvalue weighted by Gasteiger charge is -2.39. The number of carbonyl (C=O) groups excluding carboxylic acids is 2. The number of carbonyl (C=O) groups is 2. The molecule has 2 aromatic carbocycles. The summed E-state index contributed by atoms with van der Waals surface area (Å²) >= 11 is 1.52. The molecule has 34 heavy (non-hydrogen) atoms. The third kappa shape index (κ3) is 5.48. The summed E-state index contributed by atoms with van der Waals surface area (Å²) in [5.74, 6) is -0.534. The minimum Gasteiger partial charge on any atom is -0.310 e. The van der Waals surface area contributed by atoms with Crippen LogP contribution in [0.4, 0.5) is 5.69 Å². The average molecular weight is 482 g/mol. The maximum atomic E-state index is 13.6. The van der Waals surface area contributed by atoms with Crippen LogP contribution in [0.3, 0.4) is 0 Å². The minimum absolute atomic E-state index is 0.0449. The third-order valence-electron chi connectivity index (χ3n) is 7.12. The van der Waals surface area contributed by atoms with Gasteiger partial charge in [0.05, 0.1) is 5.69 Å². The van der Waals surface area contributed by atoms with Gasteiger partial charge in [0.25, 0.3) is 5.91 Å². The Kier molecular flexibility index (Phi) is 8.29. The first-order valence-corrected chi connectivity index (χ1v) is 13.2. The number of hydrogen-bond acceptors (Lipinski definition) is 5. The van der Waals surface area contributed by atoms with Crippen molar-refractivity contribution in [1.82, 2.24) is 10.4 Å². The summed E-state index contributed by atoms with van der Waals surface area (Å²) in [5.41, 5.74) is 3.74. The first-order valence-electron chi connectivity index (χ1n) is 12.4. The number of amides is 2. The van der Waals surface area contributed by atoms with Gasteiger partial charge >= 0.3 is 0 Å². The molecule has 3 unspecified atom stereocenters. The van der Waals surface area contributed by atoms with Crippen LogP contribution in [0, 0.1) is 0 Å². The van der Waals surface area contributed by atoms with E-state index >= 15 is 0 Å². The van der Waals surface area contributed by atoms with Gasteiger partial charge in [0, 0.05) is 29.1 Å². The molecular formula is C27H35N3O3S. The number of thioether (sulfide) groups is 1. The molecule has 6 nitrogen and oxygen atoms in total. The number of para-hydroxylation sites is 1. The van der Waals surface area contributed by atoms with Crippen molar-refractivity contribution in [3.63, 3.8) is 0 Å². The molecule has 0 radical (unpaired) electrons. The Morgan fingerprint density at radius 3 is 2.53 bits per heavy atom. The number of nitrogens with one attached hydrogen (secondary N) is 1. The molecule has 1 saturated heterocycles. The minimum atomic E-state index is -0.579. The van der Waals surface area contributed by atoms with Crippen molar-refractivity contribution < 1.29 is 14.8 Å². The highest BCUT2D eigenvalue weighted by Crippen LogP contribution is 2.46. The SMILES string of the molecule is CC1CCCC(C)N1CCCCCN1C(=O)C(c2cccc(C(=O)NO)c2)Sc2ccccc21. The number of fused-ring (bicyclic) bond motifs is 1. The second kappa shape index (κ2) is 11.4. The molecule has 0 aliphatic carbocycles. The van der Waals surface area contributed by atoms with E-state index in [-0.39, 0.29) is 5.91 Å². The number of nitrogens with zero attached hydrogens (tertiary/aromatic N) is 2. The first kappa shape index (κ1) is 24.8. The fourth-order valence-corrected chi connectivity index (χ4v) is 6.44. The van der Waals surface area contributed by atoms with Crippen molar-refractivity contribution in [2.75, 3.05) is 18.0 Å². The highest BCUT2D eigenvalue weighted by molar-refractivity contribution is 8.00. The van der Waals surface area contributed by atoms with E-state index < -0.39 is 11.2 Å². The van der Waals surface area contributed by atoms with Crippen molar-refractivity contribution >= 4 is 29.3 Å². The van der Waals surface area contributed by atoms with Gasteiger partial charge in [0.1, 0.15) is 5.25 Å². The van der Waals surface area contributed by atoms with Gasteiger partial charge < -0.3 is 4.90 Å². The maximum absolute atomic E-state index is 13.6. The number of anilines is 1. The predicted octanol–water partition coefficient (Wildman–Crippen LogP) is 5.42. The summed E-state index contributed by atoms with van der Waals surface area (Å²) in [6.45, 7) is 6.51. The van der Waals surface area contributed by atoms with E-state index in [1.165, 1.54) is 31.0 Å². The molecular weight excluding hydrogens is 446 g/mol. The smallest absolute Gasteiger partial charge is 0.274 e. The number of hydrogen-bond donors (Lipinski definition) is 2. The van der Waals surface area contributed by atoms with Crippen LogP contribution >= 0.6 is 11.8 Å². The van der Waals surface area contributed by atoms with Gasteiger partial charge in [0.2, 0.25) is 5.91 Å². The monoisotopic (exact) mass is 481 g/mol. The van der Waals surface area contributed by atoms with Crippen molar-refractivity contribution in [3.05, 3.63) is 59.7 Å². The summed E-state index contributed by atoms with van der Waals surface area (Å²) in [6.07, 6.45) is 7.12. The molecule has 2 aliphatic rings. The zero-order valence-electron chi connectivity index (χ0n) is 20.1. The van der Waals surface area contributed by atoms with Crippen molar-refractivity contribution in [2.45, 2.75) is 74.6 Å². The average Bonchev–Trinajstić information content (AvgIpc) is 2.85. The zero-order valence-corrected chi connectivity index (χ0v) is 20.9. The summed E-state index contributed by atoms with van der Waals surface area (Å²) in [7, 11) is 0. The molecule has 4 rings (SSSR count). The molecule has 2 aromatic rings. The van der Waals surface area contributed by atoms with Crippen LogP contribution in [0.15, 0.2) is 53.4 Å². The maximum Gasteiger partial charge on any atom is 0.274 e. The molecule has 1 fully saturated rings. The number of unbranched alkanes of at least 4 members (excludes halogenated alkanes) is 2. The number of benzene rings is 2. The second-order valence-electron chi connectivity index (χ2n) is 9.45. The van der Waals surface area contributed by atoms with E-state index in [9.17, 15) is 9.59 Å². The van der Waals surface area contributed by atoms with Crippen LogP contribution in [0.5, 0.6) is 0 Å². The van der Waals surface area contributed by atoms with Crippen LogP contribution in [-0.2, 0) is 4.79 Å². The van der Waals surface area contributed by atoms with E-state index in [1.54, 1.807) is 23.7 Å². The van der Waals surface area contributed by atoms with Gasteiger partial charge in [-0.1, -0.05) is 37.1 Å². The normalized spacial score (nSPS) is 23.0. The summed E-state index contributed by atoms with van der Waals surface area (Å²) < 4.78 is 0. The molecule has 2 aliphatic heterocycles. The Morgan fingerprint density at radius 2 is 1.76 bits per heavy atom. The lowest BCUT2D eigenvalue weighted by Crippen LogP contribution is -2.44. The standard InChI is InChI=1S/C27H35N3O3S/c1-19-10-8-11-20(2)29(19)16-6-3-7-17-30-23-14-4-5-15-24(23)34-25(27(30)32)21-12-9-13-22(18-21)26(31)28-33/h4-5,9,12-15,18-20,25,33H,3,6-8,10-11,16-17H2,1-2H3,(H,28,31). The lowest BCUT2D eigenvalue weighted by molar-refractivity contribution is -0.118. The predicted molar refractivity (Wildman–Crippen MR) is 136 cm³/mol. The topological polar surface area (TPSA) is 72.9 Å². The molecule has 2 amide bonds. The Morgan fingerprint density at radius 1 is 1.03 bits per heavy atom. The molecule has 0 aromatic heterocycles. The lowest BCUT2D eigenvalue weighted by atomic mass is 9.97. The molecule has 0 bridgehead atoms. The Hall–Kier alpha value is -2.35. The van der Waals surface area contributed by atoms with E-state index in [2.05, 4.69) is 24.8 Å². The van der Waals surface area contributed by atoms with Gasteiger partial charge in [0.15, 0.2) is 0 Å². The summed E-state index contributed by atoms with van der Waals surface area (Å²) in [4.78, 5) is 31.1. The molecule has 2 N–H and O–H groups in total. The van der Waals surface area contributed by atoms with Gasteiger partial charge in [-0.25, -0.2) is 5.48 Å². The van der Waals surface area contributed by atoms with Crippen LogP contribution < -0.4 is 10.4 Å². The van der Waals surface area contributed by atoms with Crippen LogP contribution in [-0.4, -0.2) is 47.1 Å². The molecule has 2 heterocycles. The highest BCUT2D eigenvalue weighted by atomic mass is 32.2. The van der Waals surface area contributed by atoms with Gasteiger partial charge in [-0.3, -0.25) is 19.7 Å². The largest absolute Gasteiger partial charge is 0.310 e. The molecule has 3 atom stereocenters. The van der Waals surface area contributed by atoms with Crippen LogP contribution in [0.2, 0.25) is 0 Å². The van der Waals surface area contributed by atoms with E-state index in [4.69, 9.17) is 5.21 Å². The van der Waals surface area contributed by atoms with Crippen molar-refractivity contribution in [3.8, 4) is 0 Å². The number of rotatable bonds is 8. The molecule has 0 spiro atoms. The molecule has 0 saturated carbocycles. The quantitative estimate of drug-likeness (QED) is 0.299. The summed E-state index contributed by atoms with van der Waals surface area (Å²) in [6, 6.07) is 16.3.